The summed E-state index contributed by atoms with van der Waals surface area (Å²) in [6.07, 6.45) is 1.62. The second-order valence-electron chi connectivity index (χ2n) is 6.13. The average Bonchev–Trinajstić information content (AvgIpc) is 3.06. The molecule has 2 aromatic carbocycles. The number of hydrogen-bond acceptors (Lipinski definition) is 2. The monoisotopic (exact) mass is 355 g/mol. The van der Waals surface area contributed by atoms with Crippen LogP contribution >= 0.6 is 11.6 Å². The van der Waals surface area contributed by atoms with Gasteiger partial charge in [0.05, 0.1) is 5.02 Å². The van der Waals surface area contributed by atoms with Gasteiger partial charge in [0.2, 0.25) is 0 Å². The Morgan fingerprint density at radius 2 is 1.72 bits per heavy atom. The van der Waals surface area contributed by atoms with Crippen LogP contribution < -0.4 is 5.32 Å². The molecule has 0 saturated heterocycles. The number of benzene rings is 2. The third-order valence-corrected chi connectivity index (χ3v) is 4.65. The van der Waals surface area contributed by atoms with Gasteiger partial charge in [0, 0.05) is 22.4 Å². The molecule has 25 heavy (non-hydrogen) atoms. The van der Waals surface area contributed by atoms with E-state index in [-0.39, 0.29) is 11.5 Å². The molecule has 1 aliphatic carbocycles. The van der Waals surface area contributed by atoms with E-state index in [1.165, 1.54) is 5.56 Å². The van der Waals surface area contributed by atoms with Crippen LogP contribution in [0.25, 0.3) is 11.1 Å². The van der Waals surface area contributed by atoms with Crippen molar-refractivity contribution in [3.8, 4) is 11.1 Å². The molecule has 3 rings (SSSR count). The third-order valence-electron chi connectivity index (χ3n) is 4.34. The number of anilines is 1. The molecule has 0 aromatic heterocycles. The first kappa shape index (κ1) is 17.2. The normalized spacial score (nSPS) is 13.8. The Hall–Kier alpha value is -2.59. The van der Waals surface area contributed by atoms with Crippen LogP contribution in [0, 0.1) is 6.92 Å². The van der Waals surface area contributed by atoms with Crippen molar-refractivity contribution in [2.45, 2.75) is 26.2 Å². The molecule has 0 aliphatic heterocycles. The smallest absolute Gasteiger partial charge is 0.332 e. The molecule has 1 amide bonds. The van der Waals surface area contributed by atoms with Crippen LogP contribution in [0.3, 0.4) is 0 Å². The maximum Gasteiger partial charge on any atom is 0.332 e. The van der Waals surface area contributed by atoms with Crippen molar-refractivity contribution in [3.63, 3.8) is 0 Å². The zero-order chi connectivity index (χ0) is 18.0. The molecule has 0 atom stereocenters. The average molecular weight is 356 g/mol. The number of carbonyl (C=O) groups is 2. The first-order chi connectivity index (χ1) is 12.0. The second-order valence-corrected chi connectivity index (χ2v) is 6.54. The first-order valence-electron chi connectivity index (χ1n) is 8.09. The van der Waals surface area contributed by atoms with E-state index in [9.17, 15) is 9.59 Å². The summed E-state index contributed by atoms with van der Waals surface area (Å²) < 4.78 is 0. The maximum absolute atomic E-state index is 12.4. The summed E-state index contributed by atoms with van der Waals surface area (Å²) in [6, 6.07) is 13.3. The van der Waals surface area contributed by atoms with Crippen molar-refractivity contribution < 1.29 is 14.7 Å². The Labute approximate surface area is 151 Å². The Morgan fingerprint density at radius 3 is 2.36 bits per heavy atom. The Balaban J connectivity index is 1.82. The quantitative estimate of drug-likeness (QED) is 0.826. The molecule has 0 heterocycles. The van der Waals surface area contributed by atoms with Crippen molar-refractivity contribution in [1.82, 2.24) is 0 Å². The van der Waals surface area contributed by atoms with Crippen LogP contribution in [0.15, 0.2) is 53.6 Å². The number of aryl methyl sites for hydroxylation is 1. The van der Waals surface area contributed by atoms with Crippen molar-refractivity contribution in [1.29, 1.82) is 0 Å². The number of nitrogens with one attached hydrogen (secondary N) is 1. The van der Waals surface area contributed by atoms with E-state index in [1.807, 2.05) is 37.3 Å². The van der Waals surface area contributed by atoms with E-state index in [2.05, 4.69) is 5.32 Å². The minimum atomic E-state index is -1.02. The number of hydrogen-bond donors (Lipinski definition) is 2. The largest absolute Gasteiger partial charge is 0.478 e. The third kappa shape index (κ3) is 3.74. The lowest BCUT2D eigenvalue weighted by Gasteiger charge is -2.10. The summed E-state index contributed by atoms with van der Waals surface area (Å²) in [5, 5.41) is 12.4. The molecule has 0 saturated carbocycles. The highest BCUT2D eigenvalue weighted by Gasteiger charge is 2.25. The van der Waals surface area contributed by atoms with Gasteiger partial charge in [-0.25, -0.2) is 4.79 Å². The number of carbonyl (C=O) groups excluding carboxylic acids is 1. The van der Waals surface area contributed by atoms with Crippen molar-refractivity contribution >= 4 is 29.2 Å². The fourth-order valence-electron chi connectivity index (χ4n) is 3.00. The summed E-state index contributed by atoms with van der Waals surface area (Å²) >= 11 is 6.37. The second kappa shape index (κ2) is 7.11. The molecular weight excluding hydrogens is 338 g/mol. The topological polar surface area (TPSA) is 66.4 Å². The van der Waals surface area contributed by atoms with Gasteiger partial charge in [-0.15, -0.1) is 0 Å². The van der Waals surface area contributed by atoms with Gasteiger partial charge < -0.3 is 10.4 Å². The molecule has 0 spiro atoms. The molecule has 2 N–H and O–H groups in total. The molecular formula is C20H18ClNO3. The van der Waals surface area contributed by atoms with E-state index in [4.69, 9.17) is 16.7 Å². The Kier molecular flexibility index (Phi) is 4.91. The molecule has 4 nitrogen and oxygen atoms in total. The van der Waals surface area contributed by atoms with Gasteiger partial charge in [-0.2, -0.15) is 0 Å². The molecule has 0 fully saturated rings. The van der Waals surface area contributed by atoms with Crippen LogP contribution in [0.1, 0.15) is 24.8 Å². The Bertz CT molecular complexity index is 869. The fourth-order valence-corrected chi connectivity index (χ4v) is 3.29. The van der Waals surface area contributed by atoms with Crippen LogP contribution in [-0.4, -0.2) is 17.0 Å². The van der Waals surface area contributed by atoms with Gasteiger partial charge in [-0.05, 0) is 43.9 Å². The van der Waals surface area contributed by atoms with E-state index in [0.29, 0.717) is 35.5 Å². The predicted molar refractivity (Wildman–Crippen MR) is 98.8 cm³/mol. The molecule has 0 unspecified atom stereocenters. The minimum Gasteiger partial charge on any atom is -0.478 e. The molecule has 0 radical (unpaired) electrons. The number of halogens is 1. The lowest BCUT2D eigenvalue weighted by atomic mass is 10.0. The van der Waals surface area contributed by atoms with Gasteiger partial charge in [0.1, 0.15) is 0 Å². The number of carboxylic acid groups (broad SMARTS) is 1. The highest BCUT2D eigenvalue weighted by molar-refractivity contribution is 6.33. The highest BCUT2D eigenvalue weighted by atomic mass is 35.5. The van der Waals surface area contributed by atoms with Crippen LogP contribution in [0.2, 0.25) is 5.02 Å². The molecule has 5 heteroatoms. The Morgan fingerprint density at radius 1 is 1.04 bits per heavy atom. The van der Waals surface area contributed by atoms with E-state index in [0.717, 1.165) is 11.1 Å². The number of rotatable bonds is 4. The zero-order valence-corrected chi connectivity index (χ0v) is 14.6. The van der Waals surface area contributed by atoms with Crippen LogP contribution in [0.4, 0.5) is 5.69 Å². The van der Waals surface area contributed by atoms with Gasteiger partial charge in [0.25, 0.3) is 5.91 Å². The summed E-state index contributed by atoms with van der Waals surface area (Å²) in [6.45, 7) is 2.02. The van der Waals surface area contributed by atoms with Crippen molar-refractivity contribution in [3.05, 3.63) is 64.2 Å². The molecule has 128 valence electrons. The van der Waals surface area contributed by atoms with Gasteiger partial charge >= 0.3 is 5.97 Å². The summed E-state index contributed by atoms with van der Waals surface area (Å²) in [4.78, 5) is 23.5. The fraction of sp³-hybridized carbons (Fsp3) is 0.200. The number of carboxylic acids is 1. The van der Waals surface area contributed by atoms with Crippen molar-refractivity contribution in [2.75, 3.05) is 5.32 Å². The van der Waals surface area contributed by atoms with Crippen LogP contribution in [-0.2, 0) is 9.59 Å². The summed E-state index contributed by atoms with van der Waals surface area (Å²) in [5.41, 5.74) is 4.16. The SMILES string of the molecule is Cc1ccc(-c2ccc(NC(=O)C3=C(C(=O)O)CCC3)cc2Cl)cc1. The van der Waals surface area contributed by atoms with Gasteiger partial charge in [-0.3, -0.25) is 4.79 Å². The molecule has 1 aliphatic rings. The molecule has 2 aromatic rings. The first-order valence-corrected chi connectivity index (χ1v) is 8.47. The lowest BCUT2D eigenvalue weighted by molar-refractivity contribution is -0.133. The van der Waals surface area contributed by atoms with Crippen molar-refractivity contribution in [2.24, 2.45) is 0 Å². The summed E-state index contributed by atoms with van der Waals surface area (Å²) in [7, 11) is 0. The summed E-state index contributed by atoms with van der Waals surface area (Å²) in [5.74, 6) is -1.38. The maximum atomic E-state index is 12.4. The van der Waals surface area contributed by atoms with Gasteiger partial charge in [0.15, 0.2) is 0 Å². The molecule has 0 bridgehead atoms. The number of aliphatic carboxylic acids is 1. The van der Waals surface area contributed by atoms with E-state index in [1.54, 1.807) is 12.1 Å². The standard InChI is InChI=1S/C20H18ClNO3/c1-12-5-7-13(8-6-12)15-10-9-14(11-18(15)21)22-19(23)16-3-2-4-17(16)20(24)25/h5-11H,2-4H2,1H3,(H,22,23)(H,24,25). The number of amides is 1. The zero-order valence-electron chi connectivity index (χ0n) is 13.8. The predicted octanol–water partition coefficient (Wildman–Crippen LogP) is 4.82. The lowest BCUT2D eigenvalue weighted by Crippen LogP contribution is -2.16. The minimum absolute atomic E-state index is 0.208. The van der Waals surface area contributed by atoms with E-state index < -0.39 is 5.97 Å². The van der Waals surface area contributed by atoms with Crippen LogP contribution in [0.5, 0.6) is 0 Å². The highest BCUT2D eigenvalue weighted by Crippen LogP contribution is 2.32. The van der Waals surface area contributed by atoms with Gasteiger partial charge in [-0.1, -0.05) is 47.5 Å². The van der Waals surface area contributed by atoms with E-state index >= 15 is 0 Å².